The highest BCUT2D eigenvalue weighted by Gasteiger charge is 1.99. The Bertz CT molecular complexity index is 448. The Morgan fingerprint density at radius 1 is 1.12 bits per heavy atom. The molecule has 0 aliphatic heterocycles. The summed E-state index contributed by atoms with van der Waals surface area (Å²) in [5, 5.41) is 3.06. The van der Waals surface area contributed by atoms with Crippen molar-refractivity contribution in [1.82, 2.24) is 10.3 Å². The standard InChI is InChI=1S/C13H13FN2/c1-15-8-10-2-7-13(16-9-10)11-3-5-12(14)6-4-11/h2-7,9,15H,8H2,1H3. The van der Waals surface area contributed by atoms with Crippen LogP contribution in [0.4, 0.5) is 4.39 Å². The van der Waals surface area contributed by atoms with Gasteiger partial charge in [-0.15, -0.1) is 0 Å². The van der Waals surface area contributed by atoms with Crippen LogP contribution in [0.3, 0.4) is 0 Å². The zero-order valence-electron chi connectivity index (χ0n) is 9.07. The van der Waals surface area contributed by atoms with E-state index in [1.165, 1.54) is 12.1 Å². The van der Waals surface area contributed by atoms with E-state index >= 15 is 0 Å². The van der Waals surface area contributed by atoms with Gasteiger partial charge >= 0.3 is 0 Å². The van der Waals surface area contributed by atoms with Crippen molar-refractivity contribution >= 4 is 0 Å². The van der Waals surface area contributed by atoms with Gasteiger partial charge in [0, 0.05) is 18.3 Å². The maximum Gasteiger partial charge on any atom is 0.123 e. The van der Waals surface area contributed by atoms with Crippen LogP contribution in [0.25, 0.3) is 11.3 Å². The SMILES string of the molecule is CNCc1ccc(-c2ccc(F)cc2)nc1. The van der Waals surface area contributed by atoms with Gasteiger partial charge in [-0.1, -0.05) is 6.07 Å². The van der Waals surface area contributed by atoms with E-state index in [9.17, 15) is 4.39 Å². The number of nitrogens with one attached hydrogen (secondary N) is 1. The largest absolute Gasteiger partial charge is 0.316 e. The monoisotopic (exact) mass is 216 g/mol. The fourth-order valence-electron chi connectivity index (χ4n) is 1.52. The van der Waals surface area contributed by atoms with E-state index in [2.05, 4.69) is 10.3 Å². The van der Waals surface area contributed by atoms with Crippen molar-refractivity contribution in [2.24, 2.45) is 0 Å². The highest BCUT2D eigenvalue weighted by atomic mass is 19.1. The van der Waals surface area contributed by atoms with E-state index in [0.717, 1.165) is 23.4 Å². The Balaban J connectivity index is 2.24. The normalized spacial score (nSPS) is 10.4. The minimum atomic E-state index is -0.226. The maximum atomic E-state index is 12.7. The van der Waals surface area contributed by atoms with Crippen LogP contribution in [-0.2, 0) is 6.54 Å². The molecule has 0 atom stereocenters. The number of aromatic nitrogens is 1. The lowest BCUT2D eigenvalue weighted by Crippen LogP contribution is -2.05. The molecule has 2 aromatic rings. The molecule has 1 N–H and O–H groups in total. The summed E-state index contributed by atoms with van der Waals surface area (Å²) in [5.41, 5.74) is 2.92. The zero-order valence-corrected chi connectivity index (χ0v) is 9.07. The number of halogens is 1. The number of pyridine rings is 1. The molecule has 0 saturated carbocycles. The van der Waals surface area contributed by atoms with Crippen LogP contribution in [0.1, 0.15) is 5.56 Å². The average Bonchev–Trinajstić information content (AvgIpc) is 2.32. The molecule has 16 heavy (non-hydrogen) atoms. The Kier molecular flexibility index (Phi) is 3.27. The molecule has 0 saturated heterocycles. The Hall–Kier alpha value is -1.74. The van der Waals surface area contributed by atoms with Gasteiger partial charge in [0.2, 0.25) is 0 Å². The predicted molar refractivity (Wildman–Crippen MR) is 62.4 cm³/mol. The van der Waals surface area contributed by atoms with Crippen molar-refractivity contribution in [3.63, 3.8) is 0 Å². The molecule has 3 heteroatoms. The first-order chi connectivity index (χ1) is 7.79. The fourth-order valence-corrected chi connectivity index (χ4v) is 1.52. The molecule has 0 fully saturated rings. The van der Waals surface area contributed by atoms with Crippen LogP contribution < -0.4 is 5.32 Å². The first kappa shape index (κ1) is 10.8. The summed E-state index contributed by atoms with van der Waals surface area (Å²) in [6.07, 6.45) is 1.83. The maximum absolute atomic E-state index is 12.7. The number of rotatable bonds is 3. The van der Waals surface area contributed by atoms with E-state index in [1.54, 1.807) is 12.1 Å². The van der Waals surface area contributed by atoms with Crippen LogP contribution >= 0.6 is 0 Å². The fraction of sp³-hybridized carbons (Fsp3) is 0.154. The third-order valence-electron chi connectivity index (χ3n) is 2.35. The molecule has 2 rings (SSSR count). The van der Waals surface area contributed by atoms with Gasteiger partial charge in [-0.2, -0.15) is 0 Å². The van der Waals surface area contributed by atoms with Gasteiger partial charge in [0.25, 0.3) is 0 Å². The number of hydrogen-bond acceptors (Lipinski definition) is 2. The zero-order chi connectivity index (χ0) is 11.4. The summed E-state index contributed by atoms with van der Waals surface area (Å²) in [6, 6.07) is 10.3. The molecule has 0 bridgehead atoms. The number of benzene rings is 1. The molecule has 0 aliphatic carbocycles. The number of nitrogens with zero attached hydrogens (tertiary/aromatic N) is 1. The Morgan fingerprint density at radius 2 is 1.88 bits per heavy atom. The second kappa shape index (κ2) is 4.86. The quantitative estimate of drug-likeness (QED) is 0.853. The minimum absolute atomic E-state index is 0.226. The third-order valence-corrected chi connectivity index (χ3v) is 2.35. The molecule has 1 aromatic heterocycles. The summed E-state index contributed by atoms with van der Waals surface area (Å²) in [6.45, 7) is 0.802. The molecule has 82 valence electrons. The molecule has 0 unspecified atom stereocenters. The summed E-state index contributed by atoms with van der Waals surface area (Å²) < 4.78 is 12.7. The molecule has 0 amide bonds. The van der Waals surface area contributed by atoms with Gasteiger partial charge in [-0.05, 0) is 42.9 Å². The summed E-state index contributed by atoms with van der Waals surface area (Å²) >= 11 is 0. The van der Waals surface area contributed by atoms with Crippen molar-refractivity contribution in [2.45, 2.75) is 6.54 Å². The smallest absolute Gasteiger partial charge is 0.123 e. The van der Waals surface area contributed by atoms with Gasteiger partial charge < -0.3 is 5.32 Å². The van der Waals surface area contributed by atoms with E-state index < -0.39 is 0 Å². The molecule has 1 aromatic carbocycles. The molecule has 1 heterocycles. The molecule has 0 aliphatic rings. The molecule has 0 radical (unpaired) electrons. The van der Waals surface area contributed by atoms with Crippen molar-refractivity contribution in [3.05, 3.63) is 54.0 Å². The predicted octanol–water partition coefficient (Wildman–Crippen LogP) is 2.61. The summed E-state index contributed by atoms with van der Waals surface area (Å²) in [4.78, 5) is 4.33. The van der Waals surface area contributed by atoms with Crippen molar-refractivity contribution < 1.29 is 4.39 Å². The van der Waals surface area contributed by atoms with E-state index in [1.807, 2.05) is 25.4 Å². The van der Waals surface area contributed by atoms with Crippen molar-refractivity contribution in [2.75, 3.05) is 7.05 Å². The van der Waals surface area contributed by atoms with E-state index in [4.69, 9.17) is 0 Å². The van der Waals surface area contributed by atoms with Crippen LogP contribution in [0.15, 0.2) is 42.6 Å². The highest BCUT2D eigenvalue weighted by molar-refractivity contribution is 5.58. The second-order valence-corrected chi connectivity index (χ2v) is 3.59. The topological polar surface area (TPSA) is 24.9 Å². The first-order valence-electron chi connectivity index (χ1n) is 5.15. The lowest BCUT2D eigenvalue weighted by Gasteiger charge is -2.03. The lowest BCUT2D eigenvalue weighted by molar-refractivity contribution is 0.628. The molecule has 2 nitrogen and oxygen atoms in total. The Labute approximate surface area is 94.2 Å². The van der Waals surface area contributed by atoms with Crippen LogP contribution in [-0.4, -0.2) is 12.0 Å². The van der Waals surface area contributed by atoms with Crippen LogP contribution in [0.2, 0.25) is 0 Å². The van der Waals surface area contributed by atoms with E-state index in [0.29, 0.717) is 0 Å². The van der Waals surface area contributed by atoms with Gasteiger partial charge in [0.15, 0.2) is 0 Å². The molecular formula is C13H13FN2. The highest BCUT2D eigenvalue weighted by Crippen LogP contribution is 2.17. The lowest BCUT2D eigenvalue weighted by atomic mass is 10.1. The number of hydrogen-bond donors (Lipinski definition) is 1. The second-order valence-electron chi connectivity index (χ2n) is 3.59. The minimum Gasteiger partial charge on any atom is -0.316 e. The summed E-state index contributed by atoms with van der Waals surface area (Å²) in [5.74, 6) is -0.226. The van der Waals surface area contributed by atoms with E-state index in [-0.39, 0.29) is 5.82 Å². The van der Waals surface area contributed by atoms with Gasteiger partial charge in [0.1, 0.15) is 5.82 Å². The van der Waals surface area contributed by atoms with Gasteiger partial charge in [-0.3, -0.25) is 4.98 Å². The van der Waals surface area contributed by atoms with Gasteiger partial charge in [-0.25, -0.2) is 4.39 Å². The van der Waals surface area contributed by atoms with Crippen molar-refractivity contribution in [3.8, 4) is 11.3 Å². The molecular weight excluding hydrogens is 203 g/mol. The first-order valence-corrected chi connectivity index (χ1v) is 5.15. The van der Waals surface area contributed by atoms with Crippen LogP contribution in [0, 0.1) is 5.82 Å². The van der Waals surface area contributed by atoms with Gasteiger partial charge in [0.05, 0.1) is 5.69 Å². The van der Waals surface area contributed by atoms with Crippen LogP contribution in [0.5, 0.6) is 0 Å². The average molecular weight is 216 g/mol. The third kappa shape index (κ3) is 2.44. The Morgan fingerprint density at radius 3 is 2.44 bits per heavy atom. The van der Waals surface area contributed by atoms with Crippen molar-refractivity contribution in [1.29, 1.82) is 0 Å². The summed E-state index contributed by atoms with van der Waals surface area (Å²) in [7, 11) is 1.90. The molecule has 0 spiro atoms.